The standard InChI is InChI=1S/C18H16BrN3O2/c1-23-13-6-7-17(24-2)14(9-13)16-10-15(21-18(20)22-16)11-4-3-5-12(19)8-11/h3-10H,1-2H3,(H2,20,21,22). The molecule has 3 aromatic rings. The van der Waals surface area contributed by atoms with Gasteiger partial charge in [-0.2, -0.15) is 0 Å². The molecule has 6 heteroatoms. The van der Waals surface area contributed by atoms with E-state index < -0.39 is 0 Å². The van der Waals surface area contributed by atoms with Crippen LogP contribution in [0.25, 0.3) is 22.5 Å². The average molecular weight is 386 g/mol. The van der Waals surface area contributed by atoms with Gasteiger partial charge in [0.1, 0.15) is 11.5 Å². The van der Waals surface area contributed by atoms with Crippen LogP contribution in [0, 0.1) is 0 Å². The molecule has 0 spiro atoms. The van der Waals surface area contributed by atoms with Crippen LogP contribution in [0.1, 0.15) is 0 Å². The Morgan fingerprint density at radius 3 is 2.42 bits per heavy atom. The molecule has 0 radical (unpaired) electrons. The predicted octanol–water partition coefficient (Wildman–Crippen LogP) is 4.17. The fourth-order valence-electron chi connectivity index (χ4n) is 2.41. The molecule has 5 nitrogen and oxygen atoms in total. The molecule has 0 aliphatic carbocycles. The maximum absolute atomic E-state index is 5.93. The van der Waals surface area contributed by atoms with Gasteiger partial charge in [0.25, 0.3) is 0 Å². The van der Waals surface area contributed by atoms with Crippen molar-refractivity contribution in [2.24, 2.45) is 0 Å². The van der Waals surface area contributed by atoms with Crippen LogP contribution < -0.4 is 15.2 Å². The number of halogens is 1. The number of nitrogens with two attached hydrogens (primary N) is 1. The van der Waals surface area contributed by atoms with Crippen LogP contribution in [-0.4, -0.2) is 24.2 Å². The van der Waals surface area contributed by atoms with Crippen molar-refractivity contribution in [2.75, 3.05) is 20.0 Å². The summed E-state index contributed by atoms with van der Waals surface area (Å²) >= 11 is 3.47. The van der Waals surface area contributed by atoms with Crippen molar-refractivity contribution in [1.82, 2.24) is 9.97 Å². The highest BCUT2D eigenvalue weighted by Crippen LogP contribution is 2.34. The Kier molecular flexibility index (Phi) is 4.66. The second-order valence-electron chi connectivity index (χ2n) is 5.07. The smallest absolute Gasteiger partial charge is 0.221 e. The zero-order valence-electron chi connectivity index (χ0n) is 13.3. The summed E-state index contributed by atoms with van der Waals surface area (Å²) in [5.41, 5.74) is 9.08. The first-order valence-corrected chi connectivity index (χ1v) is 8.03. The number of rotatable bonds is 4. The Hall–Kier alpha value is -2.60. The Balaban J connectivity index is 2.16. The van der Waals surface area contributed by atoms with Gasteiger partial charge in [-0.25, -0.2) is 9.97 Å². The van der Waals surface area contributed by atoms with Crippen molar-refractivity contribution in [1.29, 1.82) is 0 Å². The summed E-state index contributed by atoms with van der Waals surface area (Å²) < 4.78 is 11.7. The summed E-state index contributed by atoms with van der Waals surface area (Å²) in [7, 11) is 3.23. The number of nitrogen functional groups attached to an aromatic ring is 1. The van der Waals surface area contributed by atoms with E-state index in [-0.39, 0.29) is 5.95 Å². The largest absolute Gasteiger partial charge is 0.497 e. The number of hydrogen-bond acceptors (Lipinski definition) is 5. The van der Waals surface area contributed by atoms with Gasteiger partial charge in [0.2, 0.25) is 5.95 Å². The molecule has 0 unspecified atom stereocenters. The van der Waals surface area contributed by atoms with Crippen molar-refractivity contribution in [3.63, 3.8) is 0 Å². The minimum Gasteiger partial charge on any atom is -0.497 e. The van der Waals surface area contributed by atoms with Gasteiger partial charge in [0.15, 0.2) is 0 Å². The Morgan fingerprint density at radius 2 is 1.71 bits per heavy atom. The molecule has 0 atom stereocenters. The summed E-state index contributed by atoms with van der Waals surface area (Å²) in [6, 6.07) is 15.3. The normalized spacial score (nSPS) is 10.5. The molecular weight excluding hydrogens is 370 g/mol. The zero-order chi connectivity index (χ0) is 17.1. The number of aromatic nitrogens is 2. The van der Waals surface area contributed by atoms with E-state index in [2.05, 4.69) is 25.9 Å². The number of benzene rings is 2. The summed E-state index contributed by atoms with van der Waals surface area (Å²) in [5.74, 6) is 1.61. The molecule has 0 saturated carbocycles. The van der Waals surface area contributed by atoms with Crippen LogP contribution in [0.5, 0.6) is 11.5 Å². The van der Waals surface area contributed by atoms with E-state index in [1.807, 2.05) is 48.5 Å². The molecule has 122 valence electrons. The Labute approximate surface area is 148 Å². The Bertz CT molecular complexity index is 884. The van der Waals surface area contributed by atoms with Crippen LogP contribution in [-0.2, 0) is 0 Å². The van der Waals surface area contributed by atoms with Crippen molar-refractivity contribution in [3.05, 3.63) is 53.0 Å². The second kappa shape index (κ2) is 6.88. The quantitative estimate of drug-likeness (QED) is 0.729. The monoisotopic (exact) mass is 385 g/mol. The maximum Gasteiger partial charge on any atom is 0.221 e. The van der Waals surface area contributed by atoms with E-state index >= 15 is 0 Å². The Morgan fingerprint density at radius 1 is 0.917 bits per heavy atom. The lowest BCUT2D eigenvalue weighted by molar-refractivity contribution is 0.404. The summed E-state index contributed by atoms with van der Waals surface area (Å²) in [6.45, 7) is 0. The highest BCUT2D eigenvalue weighted by molar-refractivity contribution is 9.10. The van der Waals surface area contributed by atoms with Gasteiger partial charge in [0.05, 0.1) is 25.6 Å². The van der Waals surface area contributed by atoms with Gasteiger partial charge in [-0.15, -0.1) is 0 Å². The second-order valence-corrected chi connectivity index (χ2v) is 5.99. The fraction of sp³-hybridized carbons (Fsp3) is 0.111. The maximum atomic E-state index is 5.93. The molecule has 2 aromatic carbocycles. The lowest BCUT2D eigenvalue weighted by atomic mass is 10.1. The number of ether oxygens (including phenoxy) is 2. The van der Waals surface area contributed by atoms with Gasteiger partial charge in [-0.3, -0.25) is 0 Å². The minimum absolute atomic E-state index is 0.201. The van der Waals surface area contributed by atoms with Gasteiger partial charge in [-0.1, -0.05) is 28.1 Å². The van der Waals surface area contributed by atoms with Crippen molar-refractivity contribution >= 4 is 21.9 Å². The molecule has 1 aromatic heterocycles. The third kappa shape index (κ3) is 3.33. The first kappa shape index (κ1) is 16.3. The average Bonchev–Trinajstić information content (AvgIpc) is 2.60. The molecule has 0 fully saturated rings. The molecule has 0 aliphatic heterocycles. The lowest BCUT2D eigenvalue weighted by Crippen LogP contribution is -2.00. The molecule has 3 rings (SSSR count). The van der Waals surface area contributed by atoms with Crippen molar-refractivity contribution in [2.45, 2.75) is 0 Å². The SMILES string of the molecule is COc1ccc(OC)c(-c2cc(-c3cccc(Br)c3)nc(N)n2)c1. The van der Waals surface area contributed by atoms with Gasteiger partial charge in [0, 0.05) is 15.6 Å². The van der Waals surface area contributed by atoms with Gasteiger partial charge >= 0.3 is 0 Å². The van der Waals surface area contributed by atoms with E-state index in [1.165, 1.54) is 0 Å². The van der Waals surface area contributed by atoms with Gasteiger partial charge < -0.3 is 15.2 Å². The van der Waals surface area contributed by atoms with E-state index in [0.717, 1.165) is 21.3 Å². The van der Waals surface area contributed by atoms with Crippen molar-refractivity contribution in [3.8, 4) is 34.0 Å². The van der Waals surface area contributed by atoms with E-state index in [0.29, 0.717) is 17.2 Å². The molecule has 2 N–H and O–H groups in total. The molecule has 24 heavy (non-hydrogen) atoms. The van der Waals surface area contributed by atoms with E-state index in [4.69, 9.17) is 15.2 Å². The first-order chi connectivity index (χ1) is 11.6. The summed E-state index contributed by atoms with van der Waals surface area (Å²) in [4.78, 5) is 8.70. The lowest BCUT2D eigenvalue weighted by Gasteiger charge is -2.11. The minimum atomic E-state index is 0.201. The number of nitrogens with zero attached hydrogens (tertiary/aromatic N) is 2. The van der Waals surface area contributed by atoms with Crippen LogP contribution >= 0.6 is 15.9 Å². The molecule has 0 bridgehead atoms. The van der Waals surface area contributed by atoms with Crippen molar-refractivity contribution < 1.29 is 9.47 Å². The predicted molar refractivity (Wildman–Crippen MR) is 98.1 cm³/mol. The number of hydrogen-bond donors (Lipinski definition) is 1. The molecule has 0 saturated heterocycles. The summed E-state index contributed by atoms with van der Waals surface area (Å²) in [5, 5.41) is 0. The van der Waals surface area contributed by atoms with Crippen LogP contribution in [0.4, 0.5) is 5.95 Å². The third-order valence-corrected chi connectivity index (χ3v) is 4.04. The zero-order valence-corrected chi connectivity index (χ0v) is 14.9. The third-order valence-electron chi connectivity index (χ3n) is 3.55. The van der Waals surface area contributed by atoms with E-state index in [1.54, 1.807) is 14.2 Å². The van der Waals surface area contributed by atoms with Crippen LogP contribution in [0.15, 0.2) is 53.0 Å². The summed E-state index contributed by atoms with van der Waals surface area (Å²) in [6.07, 6.45) is 0. The highest BCUT2D eigenvalue weighted by atomic mass is 79.9. The molecule has 0 amide bonds. The molecule has 0 aliphatic rings. The molecular formula is C18H16BrN3O2. The van der Waals surface area contributed by atoms with Crippen LogP contribution in [0.3, 0.4) is 0 Å². The fourth-order valence-corrected chi connectivity index (χ4v) is 2.81. The molecule has 1 heterocycles. The van der Waals surface area contributed by atoms with E-state index in [9.17, 15) is 0 Å². The van der Waals surface area contributed by atoms with Crippen LogP contribution in [0.2, 0.25) is 0 Å². The number of anilines is 1. The van der Waals surface area contributed by atoms with Gasteiger partial charge in [-0.05, 0) is 36.4 Å². The topological polar surface area (TPSA) is 70.3 Å². The number of methoxy groups -OCH3 is 2. The highest BCUT2D eigenvalue weighted by Gasteiger charge is 2.13. The first-order valence-electron chi connectivity index (χ1n) is 7.23.